The van der Waals surface area contributed by atoms with Crippen LogP contribution in [0.5, 0.6) is 0 Å². The third-order valence-corrected chi connectivity index (χ3v) is 10.6. The number of aryl methyl sites for hydroxylation is 1. The lowest BCUT2D eigenvalue weighted by atomic mass is 9.44. The number of hydrogen-bond donors (Lipinski definition) is 1. The Labute approximate surface area is 256 Å². The number of furan rings is 1. The van der Waals surface area contributed by atoms with Gasteiger partial charge in [-0.1, -0.05) is 40.2 Å². The van der Waals surface area contributed by atoms with Crippen LogP contribution in [0.25, 0.3) is 11.3 Å². The van der Waals surface area contributed by atoms with Crippen LogP contribution in [-0.2, 0) is 22.4 Å². The van der Waals surface area contributed by atoms with E-state index in [4.69, 9.17) is 4.42 Å². The zero-order chi connectivity index (χ0) is 32.0. The van der Waals surface area contributed by atoms with Crippen molar-refractivity contribution in [3.63, 3.8) is 0 Å². The summed E-state index contributed by atoms with van der Waals surface area (Å²) in [4.78, 5) is 43.4. The van der Waals surface area contributed by atoms with E-state index < -0.39 is 16.2 Å². The number of ketones is 3. The highest BCUT2D eigenvalue weighted by molar-refractivity contribution is 6.24. The van der Waals surface area contributed by atoms with Gasteiger partial charge in [-0.05, 0) is 93.5 Å². The zero-order valence-corrected chi connectivity index (χ0v) is 27.8. The summed E-state index contributed by atoms with van der Waals surface area (Å²) >= 11 is 0. The van der Waals surface area contributed by atoms with E-state index in [9.17, 15) is 19.5 Å². The maximum atomic E-state index is 14.7. The van der Waals surface area contributed by atoms with E-state index in [-0.39, 0.29) is 34.1 Å². The van der Waals surface area contributed by atoms with Crippen LogP contribution in [0.1, 0.15) is 102 Å². The zero-order valence-electron chi connectivity index (χ0n) is 27.8. The second-order valence-corrected chi connectivity index (χ2v) is 15.5. The van der Waals surface area contributed by atoms with Gasteiger partial charge in [0.15, 0.2) is 17.3 Å². The number of carbonyl (C=O) groups is 3. The Kier molecular flexibility index (Phi) is 7.07. The monoisotopic (exact) mass is 585 g/mol. The quantitative estimate of drug-likeness (QED) is 0.356. The Bertz CT molecular complexity index is 1640. The number of Topliss-reactive ketones (excluding diaryl/α,β-unsaturated/α-hetero) is 3. The molecule has 1 aromatic heterocycles. The molecule has 0 amide bonds. The molecule has 3 unspecified atom stereocenters. The van der Waals surface area contributed by atoms with Crippen molar-refractivity contribution in [1.29, 1.82) is 0 Å². The molecule has 1 heterocycles. The van der Waals surface area contributed by atoms with Crippen LogP contribution in [-0.4, -0.2) is 36.6 Å². The largest absolute Gasteiger partial charge is 0.511 e. The number of nitrogens with zero attached hydrogens (tertiary/aromatic N) is 1. The van der Waals surface area contributed by atoms with E-state index in [1.54, 1.807) is 6.92 Å². The molecule has 3 aliphatic carbocycles. The Morgan fingerprint density at radius 1 is 1.07 bits per heavy atom. The number of allylic oxidation sites excluding steroid dienone is 4. The van der Waals surface area contributed by atoms with Crippen LogP contribution in [0, 0.1) is 28.6 Å². The number of hydrogen-bond acceptors (Lipinski definition) is 6. The van der Waals surface area contributed by atoms with Crippen LogP contribution in [0.4, 0.5) is 5.69 Å². The molecule has 2 aromatic rings. The predicted molar refractivity (Wildman–Crippen MR) is 171 cm³/mol. The highest BCUT2D eigenvalue weighted by atomic mass is 16.3. The third-order valence-electron chi connectivity index (χ3n) is 10.6. The van der Waals surface area contributed by atoms with E-state index >= 15 is 0 Å². The molecular weight excluding hydrogens is 538 g/mol. The van der Waals surface area contributed by atoms with E-state index in [0.717, 1.165) is 46.6 Å². The molecule has 1 N–H and O–H groups in total. The number of aliphatic hydroxyl groups is 1. The second-order valence-electron chi connectivity index (χ2n) is 15.5. The second kappa shape index (κ2) is 9.80. The minimum absolute atomic E-state index is 0.160. The Morgan fingerprint density at radius 2 is 1.72 bits per heavy atom. The van der Waals surface area contributed by atoms with Crippen molar-refractivity contribution in [3.05, 3.63) is 63.1 Å². The van der Waals surface area contributed by atoms with Gasteiger partial charge in [0, 0.05) is 48.3 Å². The van der Waals surface area contributed by atoms with Gasteiger partial charge in [-0.2, -0.15) is 0 Å². The number of fused-ring (bicyclic) bond motifs is 3. The maximum absolute atomic E-state index is 14.7. The van der Waals surface area contributed by atoms with Crippen LogP contribution in [0.3, 0.4) is 0 Å². The van der Waals surface area contributed by atoms with Gasteiger partial charge in [-0.15, -0.1) is 0 Å². The molecule has 0 aliphatic heterocycles. The van der Waals surface area contributed by atoms with Crippen LogP contribution in [0.2, 0.25) is 0 Å². The van der Waals surface area contributed by atoms with Crippen LogP contribution in [0.15, 0.2) is 45.1 Å². The summed E-state index contributed by atoms with van der Waals surface area (Å²) in [6.07, 6.45) is 3.42. The van der Waals surface area contributed by atoms with Gasteiger partial charge in [-0.3, -0.25) is 14.4 Å². The summed E-state index contributed by atoms with van der Waals surface area (Å²) in [5, 5.41) is 12.1. The lowest BCUT2D eigenvalue weighted by Crippen LogP contribution is -2.57. The van der Waals surface area contributed by atoms with Crippen molar-refractivity contribution in [2.45, 2.75) is 94.4 Å². The Hall–Kier alpha value is -3.41. The van der Waals surface area contributed by atoms with Crippen molar-refractivity contribution in [2.24, 2.45) is 21.7 Å². The molecule has 0 bridgehead atoms. The van der Waals surface area contributed by atoms with Crippen LogP contribution < -0.4 is 4.90 Å². The number of carbonyl (C=O) groups excluding carboxylic acids is 3. The molecule has 0 saturated heterocycles. The van der Waals surface area contributed by atoms with Crippen molar-refractivity contribution in [3.8, 4) is 11.3 Å². The summed E-state index contributed by atoms with van der Waals surface area (Å²) < 4.78 is 6.34. The molecule has 6 heteroatoms. The van der Waals surface area contributed by atoms with Crippen molar-refractivity contribution in [2.75, 3.05) is 19.0 Å². The average molecular weight is 586 g/mol. The molecular formula is C37H47NO5. The summed E-state index contributed by atoms with van der Waals surface area (Å²) in [5.74, 6) is 0.532. The molecule has 0 fully saturated rings. The first-order valence-electron chi connectivity index (χ1n) is 15.4. The first-order valence-corrected chi connectivity index (χ1v) is 15.4. The third kappa shape index (κ3) is 4.55. The Balaban J connectivity index is 1.70. The number of rotatable bonds is 5. The van der Waals surface area contributed by atoms with Crippen molar-refractivity contribution < 1.29 is 23.9 Å². The molecule has 0 radical (unpaired) electrons. The normalized spacial score (nSPS) is 27.2. The fraction of sp³-hybridized carbons (Fsp3) is 0.541. The molecule has 230 valence electrons. The SMILES string of the molecule is CC(=O)C1=C(C)CC2(C)CC3(C)Cc4c(N(C)C)cc(-c5ccc(CCC(C)(C)C)o5)c(C)c4C(=O)C3=C(O)C2(C)C1=O. The summed E-state index contributed by atoms with van der Waals surface area (Å²) in [7, 11) is 3.97. The molecule has 0 spiro atoms. The van der Waals surface area contributed by atoms with Gasteiger partial charge in [0.1, 0.15) is 17.3 Å². The molecule has 3 aliphatic rings. The Morgan fingerprint density at radius 3 is 2.30 bits per heavy atom. The van der Waals surface area contributed by atoms with Gasteiger partial charge in [0.05, 0.1) is 11.0 Å². The average Bonchev–Trinajstić information content (AvgIpc) is 3.33. The van der Waals surface area contributed by atoms with E-state index in [1.165, 1.54) is 6.92 Å². The van der Waals surface area contributed by atoms with Crippen LogP contribution >= 0.6 is 0 Å². The minimum Gasteiger partial charge on any atom is -0.511 e. The van der Waals surface area contributed by atoms with E-state index in [0.29, 0.717) is 36.2 Å². The molecule has 3 atom stereocenters. The molecule has 5 rings (SSSR count). The van der Waals surface area contributed by atoms with Gasteiger partial charge in [-0.25, -0.2) is 0 Å². The van der Waals surface area contributed by atoms with Gasteiger partial charge >= 0.3 is 0 Å². The first-order chi connectivity index (χ1) is 19.8. The maximum Gasteiger partial charge on any atom is 0.193 e. The fourth-order valence-corrected chi connectivity index (χ4v) is 8.31. The number of anilines is 1. The molecule has 0 saturated carbocycles. The number of benzene rings is 1. The summed E-state index contributed by atoms with van der Waals surface area (Å²) in [6, 6.07) is 6.12. The van der Waals surface area contributed by atoms with E-state index in [1.807, 2.05) is 58.8 Å². The summed E-state index contributed by atoms with van der Waals surface area (Å²) in [5.41, 5.74) is 2.85. The molecule has 1 aromatic carbocycles. The lowest BCUT2D eigenvalue weighted by molar-refractivity contribution is -0.137. The lowest BCUT2D eigenvalue weighted by Gasteiger charge is -2.58. The highest BCUT2D eigenvalue weighted by Gasteiger charge is 2.65. The number of aliphatic hydroxyl groups excluding tert-OH is 1. The topological polar surface area (TPSA) is 87.8 Å². The molecule has 43 heavy (non-hydrogen) atoms. The highest BCUT2D eigenvalue weighted by Crippen LogP contribution is 2.66. The van der Waals surface area contributed by atoms with Crippen molar-refractivity contribution in [1.82, 2.24) is 0 Å². The fourth-order valence-electron chi connectivity index (χ4n) is 8.31. The molecule has 6 nitrogen and oxygen atoms in total. The predicted octanol–water partition coefficient (Wildman–Crippen LogP) is 8.15. The smallest absolute Gasteiger partial charge is 0.193 e. The van der Waals surface area contributed by atoms with E-state index in [2.05, 4.69) is 26.8 Å². The summed E-state index contributed by atoms with van der Waals surface area (Å²) in [6.45, 7) is 17.6. The van der Waals surface area contributed by atoms with Gasteiger partial charge < -0.3 is 14.4 Å². The van der Waals surface area contributed by atoms with Gasteiger partial charge in [0.2, 0.25) is 0 Å². The standard InChI is InChI=1S/C37H47NO5/c1-20-17-36(8)19-35(7)18-25-26(38(10)11)16-24(27-13-12-23(43-27)14-15-34(4,5)6)21(2)29(25)31(40)30(35)33(42)37(36,9)32(41)28(20)22(3)39/h12-13,16,42H,14-15,17-19H2,1-11H3. The minimum atomic E-state index is -1.37. The van der Waals surface area contributed by atoms with Crippen molar-refractivity contribution >= 4 is 23.0 Å². The van der Waals surface area contributed by atoms with Gasteiger partial charge in [0.25, 0.3) is 0 Å². The first kappa shape index (κ1) is 31.0.